The number of thiol groups is 1. The molecule has 0 aliphatic rings. The summed E-state index contributed by atoms with van der Waals surface area (Å²) < 4.78 is 0. The molecule has 14 heavy (non-hydrogen) atoms. The summed E-state index contributed by atoms with van der Waals surface area (Å²) >= 11 is 4.14. The van der Waals surface area contributed by atoms with E-state index in [1.807, 2.05) is 12.1 Å². The Morgan fingerprint density at radius 3 is 2.50 bits per heavy atom. The first-order valence-corrected chi connectivity index (χ1v) is 5.09. The first-order valence-electron chi connectivity index (χ1n) is 4.46. The van der Waals surface area contributed by atoms with Crippen molar-refractivity contribution in [3.63, 3.8) is 0 Å². The second-order valence-electron chi connectivity index (χ2n) is 2.90. The smallest absolute Gasteiger partial charge is 0.251 e. The van der Waals surface area contributed by atoms with Crippen LogP contribution in [0.1, 0.15) is 15.9 Å². The van der Waals surface area contributed by atoms with Gasteiger partial charge in [0.15, 0.2) is 0 Å². The van der Waals surface area contributed by atoms with Crippen LogP contribution in [0.2, 0.25) is 0 Å². The maximum atomic E-state index is 11.4. The molecule has 76 valence electrons. The predicted molar refractivity (Wildman–Crippen MR) is 60.5 cm³/mol. The van der Waals surface area contributed by atoms with Crippen LogP contribution in [0.4, 0.5) is 0 Å². The minimum absolute atomic E-state index is 0.0823. The van der Waals surface area contributed by atoms with Crippen LogP contribution in [0, 0.1) is 0 Å². The topological polar surface area (TPSA) is 55.1 Å². The van der Waals surface area contributed by atoms with Crippen molar-refractivity contribution in [3.05, 3.63) is 35.4 Å². The van der Waals surface area contributed by atoms with Crippen molar-refractivity contribution < 1.29 is 4.79 Å². The van der Waals surface area contributed by atoms with E-state index in [9.17, 15) is 4.79 Å². The number of nitrogens with one attached hydrogen (secondary N) is 1. The summed E-state index contributed by atoms with van der Waals surface area (Å²) in [7, 11) is 0. The van der Waals surface area contributed by atoms with Gasteiger partial charge in [0.25, 0.3) is 5.91 Å². The molecule has 0 aliphatic heterocycles. The minimum atomic E-state index is -0.0823. The predicted octanol–water partition coefficient (Wildman–Crippen LogP) is 0.805. The molecule has 3 nitrogen and oxygen atoms in total. The quantitative estimate of drug-likeness (QED) is 0.644. The number of carbonyl (C=O) groups is 1. The van der Waals surface area contributed by atoms with Gasteiger partial charge in [-0.15, -0.1) is 0 Å². The summed E-state index contributed by atoms with van der Waals surface area (Å²) in [5.74, 6) is 0.603. The fraction of sp³-hybridized carbons (Fsp3) is 0.300. The maximum Gasteiger partial charge on any atom is 0.251 e. The first-order chi connectivity index (χ1) is 6.77. The van der Waals surface area contributed by atoms with Crippen LogP contribution in [0.15, 0.2) is 24.3 Å². The van der Waals surface area contributed by atoms with E-state index in [4.69, 9.17) is 5.73 Å². The number of carbonyl (C=O) groups excluding carboxylic acids is 1. The fourth-order valence-corrected chi connectivity index (χ4v) is 1.26. The van der Waals surface area contributed by atoms with Gasteiger partial charge < -0.3 is 11.1 Å². The van der Waals surface area contributed by atoms with Gasteiger partial charge >= 0.3 is 0 Å². The number of benzene rings is 1. The Morgan fingerprint density at radius 2 is 2.00 bits per heavy atom. The molecule has 0 spiro atoms. The fourth-order valence-electron chi connectivity index (χ4n) is 1.05. The lowest BCUT2D eigenvalue weighted by Gasteiger charge is -2.03. The molecule has 0 heterocycles. The Bertz CT molecular complexity index is 297. The highest BCUT2D eigenvalue weighted by atomic mass is 32.1. The van der Waals surface area contributed by atoms with Gasteiger partial charge in [-0.25, -0.2) is 0 Å². The van der Waals surface area contributed by atoms with Crippen molar-refractivity contribution >= 4 is 18.5 Å². The van der Waals surface area contributed by atoms with Gasteiger partial charge in [0.05, 0.1) is 0 Å². The van der Waals surface area contributed by atoms with E-state index < -0.39 is 0 Å². The standard InChI is InChI=1S/C10H14N2OS/c11-5-6-12-10(13)9-3-1-8(7-14)2-4-9/h1-4,14H,5-7,11H2,(H,12,13). The second-order valence-corrected chi connectivity index (χ2v) is 3.22. The average molecular weight is 210 g/mol. The van der Waals surface area contributed by atoms with Gasteiger partial charge in [-0.1, -0.05) is 12.1 Å². The Kier molecular flexibility index (Phi) is 4.49. The zero-order valence-corrected chi connectivity index (χ0v) is 8.76. The molecule has 0 bridgehead atoms. The average Bonchev–Trinajstić information content (AvgIpc) is 2.26. The summed E-state index contributed by atoms with van der Waals surface area (Å²) in [4.78, 5) is 11.4. The highest BCUT2D eigenvalue weighted by Gasteiger charge is 2.02. The first kappa shape index (κ1) is 11.1. The van der Waals surface area contributed by atoms with Crippen molar-refractivity contribution in [2.24, 2.45) is 5.73 Å². The van der Waals surface area contributed by atoms with E-state index in [1.165, 1.54) is 0 Å². The monoisotopic (exact) mass is 210 g/mol. The van der Waals surface area contributed by atoms with Gasteiger partial charge in [0, 0.05) is 24.4 Å². The SMILES string of the molecule is NCCNC(=O)c1ccc(CS)cc1. The van der Waals surface area contributed by atoms with Crippen LogP contribution in [-0.2, 0) is 5.75 Å². The lowest BCUT2D eigenvalue weighted by atomic mass is 10.1. The molecule has 0 unspecified atom stereocenters. The number of amides is 1. The molecular formula is C10H14N2OS. The summed E-state index contributed by atoms with van der Waals surface area (Å²) in [5, 5.41) is 2.70. The Labute approximate surface area is 89.1 Å². The van der Waals surface area contributed by atoms with Gasteiger partial charge in [-0.3, -0.25) is 4.79 Å². The lowest BCUT2D eigenvalue weighted by molar-refractivity contribution is 0.0955. The molecule has 0 saturated carbocycles. The van der Waals surface area contributed by atoms with Crippen LogP contribution in [0.3, 0.4) is 0 Å². The van der Waals surface area contributed by atoms with E-state index in [2.05, 4.69) is 17.9 Å². The van der Waals surface area contributed by atoms with E-state index in [1.54, 1.807) is 12.1 Å². The summed E-state index contributed by atoms with van der Waals surface area (Å²) in [6.45, 7) is 0.966. The van der Waals surface area contributed by atoms with Crippen molar-refractivity contribution in [1.82, 2.24) is 5.32 Å². The van der Waals surface area contributed by atoms with Crippen LogP contribution in [-0.4, -0.2) is 19.0 Å². The maximum absolute atomic E-state index is 11.4. The number of hydrogen-bond acceptors (Lipinski definition) is 3. The summed E-state index contributed by atoms with van der Waals surface area (Å²) in [6.07, 6.45) is 0. The molecule has 0 aromatic heterocycles. The van der Waals surface area contributed by atoms with Gasteiger partial charge in [-0.2, -0.15) is 12.6 Å². The molecule has 0 atom stereocenters. The molecule has 4 heteroatoms. The Balaban J connectivity index is 2.62. The Morgan fingerprint density at radius 1 is 1.36 bits per heavy atom. The van der Waals surface area contributed by atoms with Crippen molar-refractivity contribution in [2.45, 2.75) is 5.75 Å². The molecule has 0 radical (unpaired) electrons. The van der Waals surface area contributed by atoms with Gasteiger partial charge in [0.1, 0.15) is 0 Å². The van der Waals surface area contributed by atoms with Gasteiger partial charge in [0.2, 0.25) is 0 Å². The largest absolute Gasteiger partial charge is 0.351 e. The molecular weight excluding hydrogens is 196 g/mol. The molecule has 0 saturated heterocycles. The minimum Gasteiger partial charge on any atom is -0.351 e. The second kappa shape index (κ2) is 5.67. The number of rotatable bonds is 4. The Hall–Kier alpha value is -1.00. The zero-order chi connectivity index (χ0) is 10.4. The molecule has 0 fully saturated rings. The zero-order valence-electron chi connectivity index (χ0n) is 7.86. The molecule has 0 aliphatic carbocycles. The van der Waals surface area contributed by atoms with Crippen LogP contribution in [0.5, 0.6) is 0 Å². The third kappa shape index (κ3) is 3.05. The van der Waals surface area contributed by atoms with Crippen molar-refractivity contribution in [3.8, 4) is 0 Å². The van der Waals surface area contributed by atoms with Crippen LogP contribution >= 0.6 is 12.6 Å². The van der Waals surface area contributed by atoms with Crippen LogP contribution in [0.25, 0.3) is 0 Å². The molecule has 1 rings (SSSR count). The number of hydrogen-bond donors (Lipinski definition) is 3. The third-order valence-corrected chi connectivity index (χ3v) is 2.19. The van der Waals surface area contributed by atoms with E-state index >= 15 is 0 Å². The van der Waals surface area contributed by atoms with Crippen LogP contribution < -0.4 is 11.1 Å². The highest BCUT2D eigenvalue weighted by molar-refractivity contribution is 7.79. The highest BCUT2D eigenvalue weighted by Crippen LogP contribution is 2.06. The van der Waals surface area contributed by atoms with Crippen molar-refractivity contribution in [2.75, 3.05) is 13.1 Å². The normalized spacial score (nSPS) is 9.86. The van der Waals surface area contributed by atoms with Crippen molar-refractivity contribution in [1.29, 1.82) is 0 Å². The summed E-state index contributed by atoms with van der Waals surface area (Å²) in [6, 6.07) is 7.36. The molecule has 1 aromatic carbocycles. The molecule has 3 N–H and O–H groups in total. The molecule has 1 amide bonds. The third-order valence-electron chi connectivity index (χ3n) is 1.83. The molecule has 1 aromatic rings. The summed E-state index contributed by atoms with van der Waals surface area (Å²) in [5.41, 5.74) is 7.03. The van der Waals surface area contributed by atoms with E-state index in [0.717, 1.165) is 5.56 Å². The van der Waals surface area contributed by atoms with Gasteiger partial charge in [-0.05, 0) is 17.7 Å². The number of nitrogens with two attached hydrogens (primary N) is 1. The van der Waals surface area contributed by atoms with E-state index in [0.29, 0.717) is 24.4 Å². The van der Waals surface area contributed by atoms with E-state index in [-0.39, 0.29) is 5.91 Å². The lowest BCUT2D eigenvalue weighted by Crippen LogP contribution is -2.28.